The van der Waals surface area contributed by atoms with E-state index in [1.165, 1.54) is 5.56 Å². The number of ether oxygens (including phenoxy) is 1. The summed E-state index contributed by atoms with van der Waals surface area (Å²) >= 11 is 0. The average molecular weight is 381 g/mol. The lowest BCUT2D eigenvalue weighted by atomic mass is 9.73. The van der Waals surface area contributed by atoms with Crippen molar-refractivity contribution in [2.24, 2.45) is 18.9 Å². The van der Waals surface area contributed by atoms with Gasteiger partial charge in [-0.15, -0.1) is 0 Å². The second-order valence-electron chi connectivity index (χ2n) is 8.55. The highest BCUT2D eigenvalue weighted by Gasteiger charge is 2.63. The quantitative estimate of drug-likeness (QED) is 0.875. The first-order chi connectivity index (χ1) is 13.5. The molecule has 5 rings (SSSR count). The maximum absolute atomic E-state index is 12.7. The zero-order valence-corrected chi connectivity index (χ0v) is 16.7. The van der Waals surface area contributed by atoms with Gasteiger partial charge in [0.05, 0.1) is 23.7 Å². The van der Waals surface area contributed by atoms with Crippen LogP contribution in [0.25, 0.3) is 0 Å². The third-order valence-corrected chi connectivity index (χ3v) is 6.90. The molecule has 0 saturated carbocycles. The molecule has 2 aromatic rings. The molecular formula is C21H27N5O2. The van der Waals surface area contributed by atoms with Crippen LogP contribution in [0.2, 0.25) is 0 Å². The van der Waals surface area contributed by atoms with E-state index in [1.807, 2.05) is 26.2 Å². The highest BCUT2D eigenvalue weighted by molar-refractivity contribution is 5.93. The number of nitrogens with zero attached hydrogens (tertiary/aromatic N) is 4. The Labute approximate surface area is 165 Å². The highest BCUT2D eigenvalue weighted by Crippen LogP contribution is 2.55. The van der Waals surface area contributed by atoms with E-state index in [2.05, 4.69) is 33.2 Å². The van der Waals surface area contributed by atoms with E-state index in [1.54, 1.807) is 10.9 Å². The molecule has 2 bridgehead atoms. The Morgan fingerprint density at radius 1 is 1.39 bits per heavy atom. The highest BCUT2D eigenvalue weighted by atomic mass is 16.5. The van der Waals surface area contributed by atoms with E-state index in [4.69, 9.17) is 4.74 Å². The van der Waals surface area contributed by atoms with E-state index < -0.39 is 0 Å². The third kappa shape index (κ3) is 2.56. The summed E-state index contributed by atoms with van der Waals surface area (Å²) in [6.45, 7) is 6.47. The van der Waals surface area contributed by atoms with Crippen molar-refractivity contribution in [3.8, 4) is 0 Å². The van der Waals surface area contributed by atoms with Crippen LogP contribution in [0.5, 0.6) is 0 Å². The van der Waals surface area contributed by atoms with E-state index in [0.29, 0.717) is 24.1 Å². The van der Waals surface area contributed by atoms with Gasteiger partial charge in [0.15, 0.2) is 0 Å². The van der Waals surface area contributed by atoms with Crippen LogP contribution >= 0.6 is 0 Å². The molecule has 1 amide bonds. The van der Waals surface area contributed by atoms with Gasteiger partial charge in [0.25, 0.3) is 5.91 Å². The standard InChI is InChI=1S/C21H27N5O2/c1-13-5-4-8-22-19(13)26-10-16-15(17-6-7-21(16,11-26)28-17)9-23-20(27)18-14(2)24-12-25(18)3/h4-5,8,12,15-17H,6-7,9-11H2,1-3H3,(H,23,27)/t15-,16+,17+,21+/m0/s1. The van der Waals surface area contributed by atoms with Gasteiger partial charge in [-0.05, 0) is 38.3 Å². The summed E-state index contributed by atoms with van der Waals surface area (Å²) in [6, 6.07) is 4.09. The van der Waals surface area contributed by atoms with Gasteiger partial charge in [-0.2, -0.15) is 0 Å². The molecule has 1 N–H and O–H groups in total. The second-order valence-corrected chi connectivity index (χ2v) is 8.55. The first-order valence-corrected chi connectivity index (χ1v) is 10.1. The number of fused-ring (bicyclic) bond motifs is 1. The topological polar surface area (TPSA) is 72.3 Å². The predicted molar refractivity (Wildman–Crippen MR) is 105 cm³/mol. The minimum Gasteiger partial charge on any atom is -0.369 e. The number of pyridine rings is 1. The number of carbonyl (C=O) groups is 1. The number of anilines is 1. The Hall–Kier alpha value is -2.41. The zero-order chi connectivity index (χ0) is 19.5. The Kier molecular flexibility index (Phi) is 3.98. The van der Waals surface area contributed by atoms with Crippen LogP contribution in [0.1, 0.15) is 34.6 Å². The van der Waals surface area contributed by atoms with Crippen LogP contribution in [-0.2, 0) is 11.8 Å². The first-order valence-electron chi connectivity index (χ1n) is 10.1. The fraction of sp³-hybridized carbons (Fsp3) is 0.571. The molecule has 0 unspecified atom stereocenters. The van der Waals surface area contributed by atoms with Gasteiger partial charge in [0, 0.05) is 44.7 Å². The van der Waals surface area contributed by atoms with Gasteiger partial charge in [0.2, 0.25) is 0 Å². The van der Waals surface area contributed by atoms with Gasteiger partial charge in [-0.3, -0.25) is 4.79 Å². The smallest absolute Gasteiger partial charge is 0.269 e. The largest absolute Gasteiger partial charge is 0.369 e. The molecule has 0 radical (unpaired) electrons. The molecule has 148 valence electrons. The number of carbonyl (C=O) groups excluding carboxylic acids is 1. The third-order valence-electron chi connectivity index (χ3n) is 6.90. The Morgan fingerprint density at radius 2 is 2.25 bits per heavy atom. The fourth-order valence-corrected chi connectivity index (χ4v) is 5.60. The minimum absolute atomic E-state index is 0.0512. The molecular weight excluding hydrogens is 354 g/mol. The van der Waals surface area contributed by atoms with Crippen LogP contribution in [0, 0.1) is 25.7 Å². The lowest BCUT2D eigenvalue weighted by Gasteiger charge is -2.29. The van der Waals surface area contributed by atoms with Crippen LogP contribution in [0.3, 0.4) is 0 Å². The molecule has 3 aliphatic heterocycles. The summed E-state index contributed by atoms with van der Waals surface area (Å²) in [4.78, 5) is 23.9. The van der Waals surface area contributed by atoms with Crippen molar-refractivity contribution in [3.63, 3.8) is 0 Å². The molecule has 3 saturated heterocycles. The number of imidazole rings is 1. The molecule has 1 spiro atoms. The van der Waals surface area contributed by atoms with E-state index >= 15 is 0 Å². The molecule has 5 heterocycles. The summed E-state index contributed by atoms with van der Waals surface area (Å²) in [7, 11) is 1.86. The van der Waals surface area contributed by atoms with Crippen molar-refractivity contribution >= 4 is 11.7 Å². The van der Waals surface area contributed by atoms with Crippen molar-refractivity contribution in [2.45, 2.75) is 38.4 Å². The van der Waals surface area contributed by atoms with Gasteiger partial charge < -0.3 is 19.5 Å². The summed E-state index contributed by atoms with van der Waals surface area (Å²) < 4.78 is 8.30. The van der Waals surface area contributed by atoms with Gasteiger partial charge in [-0.1, -0.05) is 6.07 Å². The fourth-order valence-electron chi connectivity index (χ4n) is 5.60. The van der Waals surface area contributed by atoms with Crippen molar-refractivity contribution in [2.75, 3.05) is 24.5 Å². The number of aromatic nitrogens is 3. The van der Waals surface area contributed by atoms with E-state index in [-0.39, 0.29) is 17.6 Å². The molecule has 7 nitrogen and oxygen atoms in total. The van der Waals surface area contributed by atoms with E-state index in [9.17, 15) is 4.79 Å². The number of amides is 1. The zero-order valence-electron chi connectivity index (χ0n) is 16.7. The van der Waals surface area contributed by atoms with Crippen molar-refractivity contribution in [3.05, 3.63) is 41.6 Å². The first kappa shape index (κ1) is 17.7. The summed E-state index contributed by atoms with van der Waals surface area (Å²) in [5.74, 6) is 1.79. The molecule has 28 heavy (non-hydrogen) atoms. The summed E-state index contributed by atoms with van der Waals surface area (Å²) in [6.07, 6.45) is 5.99. The summed E-state index contributed by atoms with van der Waals surface area (Å²) in [5, 5.41) is 3.15. The average Bonchev–Trinajstić information content (AvgIpc) is 3.40. The number of rotatable bonds is 4. The normalized spacial score (nSPS) is 30.7. The van der Waals surface area contributed by atoms with Crippen LogP contribution in [-0.4, -0.2) is 51.8 Å². The van der Waals surface area contributed by atoms with E-state index in [0.717, 1.165) is 37.4 Å². The van der Waals surface area contributed by atoms with Crippen molar-refractivity contribution in [1.82, 2.24) is 19.9 Å². The Morgan fingerprint density at radius 3 is 3.00 bits per heavy atom. The van der Waals surface area contributed by atoms with Crippen molar-refractivity contribution in [1.29, 1.82) is 0 Å². The number of nitrogens with one attached hydrogen (secondary N) is 1. The summed E-state index contributed by atoms with van der Waals surface area (Å²) in [5.41, 5.74) is 2.52. The molecule has 0 aliphatic carbocycles. The van der Waals surface area contributed by atoms with Gasteiger partial charge >= 0.3 is 0 Å². The minimum atomic E-state index is -0.0769. The lowest BCUT2D eigenvalue weighted by molar-refractivity contribution is 0.0141. The SMILES string of the molecule is Cc1cccnc1N1C[C@@H]2[C@H](CNC(=O)c3c(C)ncn3C)[C@H]3CC[C@]2(C1)O3. The van der Waals surface area contributed by atoms with Crippen LogP contribution < -0.4 is 10.2 Å². The Balaban J connectivity index is 1.32. The molecule has 3 aliphatic rings. The molecule has 3 fully saturated rings. The molecule has 0 aromatic carbocycles. The van der Waals surface area contributed by atoms with Crippen molar-refractivity contribution < 1.29 is 9.53 Å². The van der Waals surface area contributed by atoms with Crippen LogP contribution in [0.15, 0.2) is 24.7 Å². The maximum Gasteiger partial charge on any atom is 0.269 e. The lowest BCUT2D eigenvalue weighted by Crippen LogP contribution is -2.42. The maximum atomic E-state index is 12.7. The van der Waals surface area contributed by atoms with Gasteiger partial charge in [0.1, 0.15) is 11.5 Å². The number of hydrogen-bond donors (Lipinski definition) is 1. The number of aryl methyl sites for hydroxylation is 3. The Bertz CT molecular complexity index is 906. The predicted octanol–water partition coefficient (Wildman–Crippen LogP) is 1.85. The van der Waals surface area contributed by atoms with Crippen LogP contribution in [0.4, 0.5) is 5.82 Å². The molecule has 4 atom stereocenters. The monoisotopic (exact) mass is 381 g/mol. The molecule has 7 heteroatoms. The second kappa shape index (κ2) is 6.30. The number of hydrogen-bond acceptors (Lipinski definition) is 5. The van der Waals surface area contributed by atoms with Gasteiger partial charge in [-0.25, -0.2) is 9.97 Å². The molecule has 2 aromatic heterocycles.